The van der Waals surface area contributed by atoms with Gasteiger partial charge in [-0.2, -0.15) is 0 Å². The van der Waals surface area contributed by atoms with Gasteiger partial charge in [-0.05, 0) is 25.7 Å². The van der Waals surface area contributed by atoms with Crippen LogP contribution in [-0.2, 0) is 0 Å². The van der Waals surface area contributed by atoms with Crippen molar-refractivity contribution < 1.29 is 0 Å². The summed E-state index contributed by atoms with van der Waals surface area (Å²) >= 11 is 0. The molecule has 1 heterocycles. The van der Waals surface area contributed by atoms with Gasteiger partial charge in [-0.15, -0.1) is 0 Å². The van der Waals surface area contributed by atoms with Crippen molar-refractivity contribution in [2.75, 3.05) is 0 Å². The average Bonchev–Trinajstić information content (AvgIpc) is 3.39. The molecular weight excluding hydrogens is 460 g/mol. The number of hydrogen-bond donors (Lipinski definition) is 0. The maximum atomic E-state index is 4.90. The summed E-state index contributed by atoms with van der Waals surface area (Å²) in [5, 5.41) is 0. The third-order valence-corrected chi connectivity index (χ3v) is 8.90. The van der Waals surface area contributed by atoms with Crippen LogP contribution in [0.3, 0.4) is 0 Å². The molecule has 38 heavy (non-hydrogen) atoms. The van der Waals surface area contributed by atoms with Gasteiger partial charge in [0.05, 0.1) is 0 Å². The minimum Gasteiger partial charge on any atom is -0.332 e. The van der Waals surface area contributed by atoms with E-state index in [4.69, 9.17) is 4.98 Å². The van der Waals surface area contributed by atoms with Crippen LogP contribution in [0.5, 0.6) is 0 Å². The zero-order valence-electron chi connectivity index (χ0n) is 27.0. The lowest BCUT2D eigenvalue weighted by Crippen LogP contribution is -2.16. The molecular formula is C36H70N2. The summed E-state index contributed by atoms with van der Waals surface area (Å²) in [5.74, 6) is 2.63. The molecule has 0 fully saturated rings. The smallest absolute Gasteiger partial charge is 0.112 e. The van der Waals surface area contributed by atoms with Crippen molar-refractivity contribution in [1.29, 1.82) is 0 Å². The van der Waals surface area contributed by atoms with Crippen LogP contribution in [0.25, 0.3) is 0 Å². The van der Waals surface area contributed by atoms with Crippen molar-refractivity contribution in [3.05, 3.63) is 18.2 Å². The van der Waals surface area contributed by atoms with Gasteiger partial charge in [0.2, 0.25) is 0 Å². The molecule has 224 valence electrons. The third kappa shape index (κ3) is 17.7. The Balaban J connectivity index is 2.16. The first-order chi connectivity index (χ1) is 18.6. The maximum absolute atomic E-state index is 4.90. The van der Waals surface area contributed by atoms with E-state index < -0.39 is 0 Å². The second-order valence-corrected chi connectivity index (χ2v) is 12.9. The van der Waals surface area contributed by atoms with Crippen molar-refractivity contribution in [2.45, 2.75) is 207 Å². The Morgan fingerprint density at radius 3 is 1.29 bits per heavy atom. The van der Waals surface area contributed by atoms with E-state index in [-0.39, 0.29) is 0 Å². The third-order valence-electron chi connectivity index (χ3n) is 8.90. The number of hydrogen-bond acceptors (Lipinski definition) is 1. The van der Waals surface area contributed by atoms with Gasteiger partial charge in [-0.25, -0.2) is 4.98 Å². The van der Waals surface area contributed by atoms with Crippen LogP contribution in [0.2, 0.25) is 0 Å². The van der Waals surface area contributed by atoms with E-state index in [0.717, 1.165) is 0 Å². The van der Waals surface area contributed by atoms with Crippen LogP contribution in [0.15, 0.2) is 12.4 Å². The molecule has 0 radical (unpaired) electrons. The molecule has 2 heteroatoms. The van der Waals surface area contributed by atoms with Crippen molar-refractivity contribution in [2.24, 2.45) is 5.92 Å². The average molecular weight is 531 g/mol. The zero-order valence-corrected chi connectivity index (χ0v) is 27.0. The van der Waals surface area contributed by atoms with Crippen molar-refractivity contribution >= 4 is 0 Å². The summed E-state index contributed by atoms with van der Waals surface area (Å²) < 4.78 is 2.52. The fourth-order valence-corrected chi connectivity index (χ4v) is 6.19. The quantitative estimate of drug-likeness (QED) is 0.0985. The molecule has 0 aliphatic carbocycles. The van der Waals surface area contributed by atoms with E-state index in [1.165, 1.54) is 166 Å². The molecule has 2 atom stereocenters. The second-order valence-electron chi connectivity index (χ2n) is 12.9. The van der Waals surface area contributed by atoms with E-state index >= 15 is 0 Å². The topological polar surface area (TPSA) is 17.8 Å². The van der Waals surface area contributed by atoms with E-state index in [9.17, 15) is 0 Å². The monoisotopic (exact) mass is 531 g/mol. The van der Waals surface area contributed by atoms with Crippen LogP contribution in [0.4, 0.5) is 0 Å². The van der Waals surface area contributed by atoms with E-state index in [2.05, 4.69) is 51.6 Å². The van der Waals surface area contributed by atoms with Gasteiger partial charge in [0.15, 0.2) is 0 Å². The second kappa shape index (κ2) is 25.2. The Morgan fingerprint density at radius 1 is 0.526 bits per heavy atom. The summed E-state index contributed by atoms with van der Waals surface area (Å²) in [6.07, 6.45) is 39.7. The lowest BCUT2D eigenvalue weighted by atomic mass is 9.89. The SMILES string of the molecule is CCCCCCCCCCCCCCCCCC(c1nccn1C(C)CCCCCCCCCC)C(C)C. The molecule has 0 saturated carbocycles. The molecule has 0 bridgehead atoms. The molecule has 0 saturated heterocycles. The largest absolute Gasteiger partial charge is 0.332 e. The standard InChI is InChI=1S/C36H70N2/c1-6-8-10-12-14-16-17-18-19-20-21-22-24-26-28-30-35(33(3)4)36-37-31-32-38(36)34(5)29-27-25-23-15-13-11-9-7-2/h31-35H,6-30H2,1-5H3. The molecule has 0 N–H and O–H groups in total. The number of rotatable bonds is 28. The highest BCUT2D eigenvalue weighted by atomic mass is 15.1. The summed E-state index contributed by atoms with van der Waals surface area (Å²) in [6, 6.07) is 0.579. The molecule has 2 unspecified atom stereocenters. The van der Waals surface area contributed by atoms with Crippen LogP contribution < -0.4 is 0 Å². The first kappa shape index (κ1) is 35.2. The van der Waals surface area contributed by atoms with E-state index in [0.29, 0.717) is 17.9 Å². The number of nitrogens with zero attached hydrogens (tertiary/aromatic N) is 2. The van der Waals surface area contributed by atoms with Gasteiger partial charge in [-0.3, -0.25) is 0 Å². The van der Waals surface area contributed by atoms with Gasteiger partial charge < -0.3 is 4.57 Å². The highest BCUT2D eigenvalue weighted by Gasteiger charge is 2.22. The Bertz CT molecular complexity index is 604. The highest BCUT2D eigenvalue weighted by Crippen LogP contribution is 2.31. The highest BCUT2D eigenvalue weighted by molar-refractivity contribution is 5.03. The van der Waals surface area contributed by atoms with Gasteiger partial charge in [0, 0.05) is 24.4 Å². The van der Waals surface area contributed by atoms with E-state index in [1.807, 2.05) is 0 Å². The Labute approximate surface area is 240 Å². The summed E-state index contributed by atoms with van der Waals surface area (Å²) in [6.45, 7) is 11.8. The van der Waals surface area contributed by atoms with Crippen molar-refractivity contribution in [1.82, 2.24) is 9.55 Å². The normalized spacial score (nSPS) is 13.4. The predicted molar refractivity (Wildman–Crippen MR) is 171 cm³/mol. The van der Waals surface area contributed by atoms with Crippen molar-refractivity contribution in [3.63, 3.8) is 0 Å². The zero-order chi connectivity index (χ0) is 27.7. The molecule has 1 rings (SSSR count). The first-order valence-corrected chi connectivity index (χ1v) is 17.6. The Kier molecular flexibility index (Phi) is 23.4. The van der Waals surface area contributed by atoms with Crippen LogP contribution in [-0.4, -0.2) is 9.55 Å². The van der Waals surface area contributed by atoms with Gasteiger partial charge in [-0.1, -0.05) is 175 Å². The number of aromatic nitrogens is 2. The molecule has 0 amide bonds. The fourth-order valence-electron chi connectivity index (χ4n) is 6.19. The molecule has 0 aliphatic rings. The van der Waals surface area contributed by atoms with Crippen LogP contribution in [0.1, 0.15) is 213 Å². The lowest BCUT2D eigenvalue weighted by molar-refractivity contribution is 0.382. The maximum Gasteiger partial charge on any atom is 0.112 e. The molecule has 0 aliphatic heterocycles. The molecule has 0 aromatic carbocycles. The van der Waals surface area contributed by atoms with Gasteiger partial charge in [0.25, 0.3) is 0 Å². The van der Waals surface area contributed by atoms with Gasteiger partial charge in [0.1, 0.15) is 5.82 Å². The first-order valence-electron chi connectivity index (χ1n) is 17.6. The molecule has 1 aromatic heterocycles. The fraction of sp³-hybridized carbons (Fsp3) is 0.917. The van der Waals surface area contributed by atoms with Crippen LogP contribution >= 0.6 is 0 Å². The van der Waals surface area contributed by atoms with Gasteiger partial charge >= 0.3 is 0 Å². The summed E-state index contributed by atoms with van der Waals surface area (Å²) in [5.41, 5.74) is 0. The molecule has 0 spiro atoms. The molecule has 1 aromatic rings. The minimum atomic E-state index is 0.579. The lowest BCUT2D eigenvalue weighted by Gasteiger charge is -2.25. The van der Waals surface area contributed by atoms with Crippen molar-refractivity contribution in [3.8, 4) is 0 Å². The predicted octanol–water partition coefficient (Wildman–Crippen LogP) is 13.0. The number of imidazole rings is 1. The van der Waals surface area contributed by atoms with E-state index in [1.54, 1.807) is 0 Å². The summed E-state index contributed by atoms with van der Waals surface area (Å²) in [7, 11) is 0. The minimum absolute atomic E-state index is 0.579. The summed E-state index contributed by atoms with van der Waals surface area (Å²) in [4.78, 5) is 4.90. The molecule has 2 nitrogen and oxygen atoms in total. The Hall–Kier alpha value is -0.790. The Morgan fingerprint density at radius 2 is 0.895 bits per heavy atom. The number of unbranched alkanes of at least 4 members (excludes halogenated alkanes) is 21. The van der Waals surface area contributed by atoms with Crippen LogP contribution in [0, 0.1) is 5.92 Å².